The summed E-state index contributed by atoms with van der Waals surface area (Å²) < 4.78 is 0. The van der Waals surface area contributed by atoms with Crippen LogP contribution in [-0.2, 0) is 0 Å². The summed E-state index contributed by atoms with van der Waals surface area (Å²) in [6, 6.07) is 11.7. The van der Waals surface area contributed by atoms with Gasteiger partial charge in [0, 0.05) is 34.6 Å². The van der Waals surface area contributed by atoms with Gasteiger partial charge in [0.25, 0.3) is 0 Å². The number of benzene rings is 1. The Balaban J connectivity index is 2.17. The number of para-hydroxylation sites is 1. The van der Waals surface area contributed by atoms with Gasteiger partial charge in [-0.15, -0.1) is 0 Å². The van der Waals surface area contributed by atoms with E-state index in [1.807, 2.05) is 43.3 Å². The molecule has 3 nitrogen and oxygen atoms in total. The van der Waals surface area contributed by atoms with Crippen LogP contribution >= 0.6 is 0 Å². The Morgan fingerprint density at radius 2 is 1.83 bits per heavy atom. The summed E-state index contributed by atoms with van der Waals surface area (Å²) in [5.41, 5.74) is 3.85. The zero-order valence-electron chi connectivity index (χ0n) is 10.1. The lowest BCUT2D eigenvalue weighted by Crippen LogP contribution is -2.00. The van der Waals surface area contributed by atoms with E-state index in [4.69, 9.17) is 0 Å². The zero-order valence-corrected chi connectivity index (χ0v) is 10.1. The first-order valence-corrected chi connectivity index (χ1v) is 5.92. The van der Waals surface area contributed by atoms with E-state index in [-0.39, 0.29) is 0 Å². The molecule has 0 saturated carbocycles. The molecule has 2 aromatic heterocycles. The molecule has 1 aromatic carbocycles. The van der Waals surface area contributed by atoms with E-state index in [2.05, 4.69) is 9.97 Å². The fraction of sp³-hybridized carbons (Fsp3) is 0.133. The number of aromatic amines is 1. The molecule has 90 valence electrons. The summed E-state index contributed by atoms with van der Waals surface area (Å²) in [6.07, 6.45) is 2.77. The number of aromatic nitrogens is 2. The molecule has 18 heavy (non-hydrogen) atoms. The second-order valence-electron chi connectivity index (χ2n) is 4.39. The molecular weight excluding hydrogens is 224 g/mol. The van der Waals surface area contributed by atoms with Gasteiger partial charge in [0.2, 0.25) is 0 Å². The molecule has 2 N–H and O–H groups in total. The van der Waals surface area contributed by atoms with Crippen molar-refractivity contribution in [2.45, 2.75) is 13.0 Å². The number of hydrogen-bond acceptors (Lipinski definition) is 2. The number of aliphatic hydroxyl groups is 1. The number of nitrogens with one attached hydrogen (secondary N) is 1. The Morgan fingerprint density at radius 1 is 1.11 bits per heavy atom. The molecule has 3 heteroatoms. The standard InChI is InChI=1S/C15H14N2O/c1-10-14(12-4-2-3-5-13(12)17-10)15(18)11-6-8-16-9-7-11/h2-9,15,17-18H,1H3/t15-/m0/s1. The van der Waals surface area contributed by atoms with Crippen molar-refractivity contribution in [2.75, 3.05) is 0 Å². The van der Waals surface area contributed by atoms with Gasteiger partial charge >= 0.3 is 0 Å². The zero-order chi connectivity index (χ0) is 12.5. The molecule has 0 saturated heterocycles. The molecule has 0 radical (unpaired) electrons. The third kappa shape index (κ3) is 1.69. The fourth-order valence-corrected chi connectivity index (χ4v) is 2.36. The van der Waals surface area contributed by atoms with Gasteiger partial charge in [-0.05, 0) is 30.7 Å². The molecule has 0 aliphatic rings. The van der Waals surface area contributed by atoms with E-state index in [0.29, 0.717) is 0 Å². The number of fused-ring (bicyclic) bond motifs is 1. The second kappa shape index (κ2) is 4.27. The van der Waals surface area contributed by atoms with Gasteiger partial charge in [0.1, 0.15) is 6.10 Å². The molecule has 1 atom stereocenters. The number of hydrogen-bond donors (Lipinski definition) is 2. The summed E-state index contributed by atoms with van der Waals surface area (Å²) in [5, 5.41) is 11.6. The molecule has 0 unspecified atom stereocenters. The summed E-state index contributed by atoms with van der Waals surface area (Å²) in [4.78, 5) is 7.28. The molecule has 0 aliphatic carbocycles. The van der Waals surface area contributed by atoms with E-state index in [9.17, 15) is 5.11 Å². The topological polar surface area (TPSA) is 48.9 Å². The highest BCUT2D eigenvalue weighted by molar-refractivity contribution is 5.85. The van der Waals surface area contributed by atoms with Gasteiger partial charge < -0.3 is 10.1 Å². The van der Waals surface area contributed by atoms with Crippen molar-refractivity contribution in [1.29, 1.82) is 0 Å². The van der Waals surface area contributed by atoms with Gasteiger partial charge in [-0.3, -0.25) is 4.98 Å². The summed E-state index contributed by atoms with van der Waals surface area (Å²) in [6.45, 7) is 1.99. The van der Waals surface area contributed by atoms with Crippen LogP contribution in [0.15, 0.2) is 48.8 Å². The van der Waals surface area contributed by atoms with Gasteiger partial charge in [-0.1, -0.05) is 18.2 Å². The van der Waals surface area contributed by atoms with Crippen molar-refractivity contribution in [2.24, 2.45) is 0 Å². The van der Waals surface area contributed by atoms with Crippen LogP contribution in [0.1, 0.15) is 22.9 Å². The normalized spacial score (nSPS) is 12.8. The minimum Gasteiger partial charge on any atom is -0.384 e. The SMILES string of the molecule is Cc1[nH]c2ccccc2c1[C@@H](O)c1ccncc1. The largest absolute Gasteiger partial charge is 0.384 e. The molecule has 0 amide bonds. The molecule has 0 aliphatic heterocycles. The van der Waals surface area contributed by atoms with Crippen molar-refractivity contribution < 1.29 is 5.11 Å². The highest BCUT2D eigenvalue weighted by Crippen LogP contribution is 2.31. The minimum atomic E-state index is -0.621. The molecule has 0 spiro atoms. The lowest BCUT2D eigenvalue weighted by atomic mass is 10.00. The van der Waals surface area contributed by atoms with Crippen LogP contribution in [0.5, 0.6) is 0 Å². The minimum absolute atomic E-state index is 0.621. The second-order valence-corrected chi connectivity index (χ2v) is 4.39. The quantitative estimate of drug-likeness (QED) is 0.721. The summed E-state index contributed by atoms with van der Waals surface area (Å²) in [5.74, 6) is 0. The van der Waals surface area contributed by atoms with E-state index in [1.54, 1.807) is 12.4 Å². The Kier molecular flexibility index (Phi) is 2.61. The molecule has 3 rings (SSSR count). The lowest BCUT2D eigenvalue weighted by Gasteiger charge is -2.11. The van der Waals surface area contributed by atoms with Crippen LogP contribution in [0.25, 0.3) is 10.9 Å². The third-order valence-electron chi connectivity index (χ3n) is 3.24. The highest BCUT2D eigenvalue weighted by atomic mass is 16.3. The molecule has 0 bridgehead atoms. The average molecular weight is 238 g/mol. The van der Waals surface area contributed by atoms with Crippen molar-refractivity contribution in [3.05, 3.63) is 65.6 Å². The van der Waals surface area contributed by atoms with E-state index in [1.165, 1.54) is 0 Å². The Labute approximate surface area is 105 Å². The first-order chi connectivity index (χ1) is 8.77. The fourth-order valence-electron chi connectivity index (χ4n) is 2.36. The molecular formula is C15H14N2O. The molecule has 2 heterocycles. The van der Waals surface area contributed by atoms with Gasteiger partial charge in [-0.25, -0.2) is 0 Å². The predicted molar refractivity (Wildman–Crippen MR) is 71.3 cm³/mol. The Bertz CT molecular complexity index is 673. The lowest BCUT2D eigenvalue weighted by molar-refractivity contribution is 0.221. The number of aryl methyl sites for hydroxylation is 1. The van der Waals surface area contributed by atoms with E-state index < -0.39 is 6.10 Å². The highest BCUT2D eigenvalue weighted by Gasteiger charge is 2.17. The third-order valence-corrected chi connectivity index (χ3v) is 3.24. The first-order valence-electron chi connectivity index (χ1n) is 5.92. The van der Waals surface area contributed by atoms with Crippen molar-refractivity contribution >= 4 is 10.9 Å². The van der Waals surface area contributed by atoms with Crippen LogP contribution in [0.2, 0.25) is 0 Å². The molecule has 0 fully saturated rings. The summed E-state index contributed by atoms with van der Waals surface area (Å²) in [7, 11) is 0. The van der Waals surface area contributed by atoms with Crippen molar-refractivity contribution in [3.8, 4) is 0 Å². The van der Waals surface area contributed by atoms with Crippen LogP contribution in [0.3, 0.4) is 0 Å². The number of rotatable bonds is 2. The number of H-pyrrole nitrogens is 1. The van der Waals surface area contributed by atoms with Crippen LogP contribution < -0.4 is 0 Å². The number of pyridine rings is 1. The van der Waals surface area contributed by atoms with Gasteiger partial charge in [0.05, 0.1) is 0 Å². The van der Waals surface area contributed by atoms with Crippen LogP contribution in [0, 0.1) is 6.92 Å². The van der Waals surface area contributed by atoms with Crippen molar-refractivity contribution in [1.82, 2.24) is 9.97 Å². The maximum atomic E-state index is 10.5. The van der Waals surface area contributed by atoms with Gasteiger partial charge in [-0.2, -0.15) is 0 Å². The van der Waals surface area contributed by atoms with Crippen LogP contribution in [-0.4, -0.2) is 15.1 Å². The predicted octanol–water partition coefficient (Wildman–Crippen LogP) is 2.95. The number of nitrogens with zero attached hydrogens (tertiary/aromatic N) is 1. The van der Waals surface area contributed by atoms with E-state index in [0.717, 1.165) is 27.7 Å². The van der Waals surface area contributed by atoms with E-state index >= 15 is 0 Å². The monoisotopic (exact) mass is 238 g/mol. The smallest absolute Gasteiger partial charge is 0.106 e. The molecule has 3 aromatic rings. The first kappa shape index (κ1) is 11.0. The Morgan fingerprint density at radius 3 is 2.61 bits per heavy atom. The number of aliphatic hydroxyl groups excluding tert-OH is 1. The maximum Gasteiger partial charge on any atom is 0.106 e. The maximum absolute atomic E-state index is 10.5. The van der Waals surface area contributed by atoms with Gasteiger partial charge in [0.15, 0.2) is 0 Å². The van der Waals surface area contributed by atoms with Crippen molar-refractivity contribution in [3.63, 3.8) is 0 Å². The van der Waals surface area contributed by atoms with Crippen LogP contribution in [0.4, 0.5) is 0 Å². The Hall–Kier alpha value is -2.13. The summed E-state index contributed by atoms with van der Waals surface area (Å²) >= 11 is 0. The average Bonchev–Trinajstić information content (AvgIpc) is 2.75.